The number of fused-ring (bicyclic) bond motifs is 6. The second-order valence-corrected chi connectivity index (χ2v) is 13.4. The van der Waals surface area contributed by atoms with Gasteiger partial charge in [-0.05, 0) is 54.8 Å². The van der Waals surface area contributed by atoms with Crippen molar-refractivity contribution in [3.05, 3.63) is 170 Å². The highest BCUT2D eigenvalue weighted by Gasteiger charge is 2.20. The van der Waals surface area contributed by atoms with Gasteiger partial charge in [0, 0.05) is 49.6 Å². The van der Waals surface area contributed by atoms with E-state index in [-0.39, 0.29) is 0 Å². The Morgan fingerprint density at radius 3 is 1.37 bits per heavy atom. The molecule has 1 atom stereocenters. The molecule has 0 saturated carbocycles. The van der Waals surface area contributed by atoms with Crippen LogP contribution in [0.1, 0.15) is 19.2 Å². The second kappa shape index (κ2) is 11.8. The maximum absolute atomic E-state index is 5.21. The average molecular weight is 656 g/mol. The predicted molar refractivity (Wildman–Crippen MR) is 210 cm³/mol. The topological polar surface area (TPSA) is 48.5 Å². The van der Waals surface area contributed by atoms with Crippen LogP contribution in [0.2, 0.25) is 0 Å². The van der Waals surface area contributed by atoms with Gasteiger partial charge in [-0.15, -0.1) is 0 Å². The molecule has 0 bridgehead atoms. The zero-order chi connectivity index (χ0) is 33.9. The van der Waals surface area contributed by atoms with E-state index in [9.17, 15) is 0 Å². The summed E-state index contributed by atoms with van der Waals surface area (Å²) in [5.74, 6) is 2.46. The summed E-state index contributed by atoms with van der Waals surface area (Å²) in [7, 11) is 0. The molecular formula is C46H33N5. The van der Waals surface area contributed by atoms with Crippen LogP contribution in [0.3, 0.4) is 0 Å². The number of allylic oxidation sites excluding steroid dienone is 4. The van der Waals surface area contributed by atoms with Crippen LogP contribution >= 0.6 is 0 Å². The number of benzene rings is 6. The minimum Gasteiger partial charge on any atom is -0.309 e. The zero-order valence-corrected chi connectivity index (χ0v) is 28.1. The molecule has 51 heavy (non-hydrogen) atoms. The molecule has 3 aromatic heterocycles. The maximum Gasteiger partial charge on any atom is 0.164 e. The number of hydrogen-bond donors (Lipinski definition) is 0. The lowest BCUT2D eigenvalue weighted by atomic mass is 9.98. The Hall–Kier alpha value is -6.59. The van der Waals surface area contributed by atoms with E-state index in [0.717, 1.165) is 56.6 Å². The van der Waals surface area contributed by atoms with Crippen molar-refractivity contribution in [2.24, 2.45) is 5.92 Å². The van der Waals surface area contributed by atoms with E-state index in [0.29, 0.717) is 23.4 Å². The van der Waals surface area contributed by atoms with Crippen molar-refractivity contribution in [2.75, 3.05) is 0 Å². The van der Waals surface area contributed by atoms with Crippen LogP contribution in [0.4, 0.5) is 0 Å². The lowest BCUT2D eigenvalue weighted by Gasteiger charge is -2.16. The van der Waals surface area contributed by atoms with Gasteiger partial charge in [-0.25, -0.2) is 15.0 Å². The SMILES string of the molecule is CC1C=CC(c2nc(-c3ccccc3)nc(-c3cc(-n4c5ccccc5c5ccccc54)cc(-n4c5ccccc5c5ccccc54)c3)n2)=CC1. The molecule has 9 aromatic rings. The van der Waals surface area contributed by atoms with Crippen LogP contribution in [0.15, 0.2) is 164 Å². The van der Waals surface area contributed by atoms with Crippen molar-refractivity contribution in [2.45, 2.75) is 13.3 Å². The van der Waals surface area contributed by atoms with Crippen LogP contribution in [0.5, 0.6) is 0 Å². The molecule has 1 unspecified atom stereocenters. The lowest BCUT2D eigenvalue weighted by Crippen LogP contribution is -2.05. The molecule has 1 aliphatic carbocycles. The predicted octanol–water partition coefficient (Wildman–Crippen LogP) is 11.4. The van der Waals surface area contributed by atoms with Crippen LogP contribution in [0, 0.1) is 5.92 Å². The summed E-state index contributed by atoms with van der Waals surface area (Å²) in [5, 5.41) is 4.87. The van der Waals surface area contributed by atoms with Gasteiger partial charge in [0.25, 0.3) is 0 Å². The highest BCUT2D eigenvalue weighted by atomic mass is 15.0. The second-order valence-electron chi connectivity index (χ2n) is 13.4. The molecule has 0 radical (unpaired) electrons. The van der Waals surface area contributed by atoms with Gasteiger partial charge < -0.3 is 9.13 Å². The summed E-state index contributed by atoms with van der Waals surface area (Å²) < 4.78 is 4.75. The quantitative estimate of drug-likeness (QED) is 0.185. The maximum atomic E-state index is 5.21. The van der Waals surface area contributed by atoms with Crippen LogP contribution in [-0.4, -0.2) is 24.1 Å². The molecule has 10 rings (SSSR count). The van der Waals surface area contributed by atoms with Crippen LogP contribution < -0.4 is 0 Å². The molecule has 242 valence electrons. The minimum atomic E-state index is 0.486. The minimum absolute atomic E-state index is 0.486. The van der Waals surface area contributed by atoms with Gasteiger partial charge in [0.05, 0.1) is 22.1 Å². The van der Waals surface area contributed by atoms with Crippen molar-refractivity contribution >= 4 is 49.2 Å². The molecule has 0 saturated heterocycles. The highest BCUT2D eigenvalue weighted by molar-refractivity contribution is 6.10. The standard InChI is InChI=1S/C46H33N5/c1-30-23-25-32(26-24-30)45-47-44(31-13-3-2-4-14-31)48-46(49-45)33-27-34(50-40-19-9-5-15-36(40)37-16-6-10-20-41(37)50)29-35(28-33)51-42-21-11-7-17-38(42)39-18-8-12-22-43(39)51/h2-23,25-30H,24H2,1H3. The van der Waals surface area contributed by atoms with E-state index in [2.05, 4.69) is 162 Å². The van der Waals surface area contributed by atoms with Gasteiger partial charge in [-0.3, -0.25) is 0 Å². The molecular weight excluding hydrogens is 623 g/mol. The fourth-order valence-electron chi connectivity index (χ4n) is 7.63. The molecule has 0 fully saturated rings. The van der Waals surface area contributed by atoms with Crippen LogP contribution in [-0.2, 0) is 0 Å². The summed E-state index contributed by atoms with van der Waals surface area (Å²) >= 11 is 0. The van der Waals surface area contributed by atoms with Gasteiger partial charge in [0.15, 0.2) is 17.5 Å². The third-order valence-electron chi connectivity index (χ3n) is 10.1. The first-order valence-corrected chi connectivity index (χ1v) is 17.5. The summed E-state index contributed by atoms with van der Waals surface area (Å²) in [4.78, 5) is 15.4. The third-order valence-corrected chi connectivity index (χ3v) is 10.1. The number of nitrogens with zero attached hydrogens (tertiary/aromatic N) is 5. The third kappa shape index (κ3) is 4.89. The van der Waals surface area contributed by atoms with Gasteiger partial charge in [-0.1, -0.05) is 128 Å². The first kappa shape index (κ1) is 29.3. The Kier molecular flexibility index (Phi) is 6.78. The van der Waals surface area contributed by atoms with E-state index in [1.54, 1.807) is 0 Å². The molecule has 6 aromatic carbocycles. The number of para-hydroxylation sites is 4. The van der Waals surface area contributed by atoms with Gasteiger partial charge in [0.1, 0.15) is 0 Å². The Balaban J connectivity index is 1.29. The fraction of sp³-hybridized carbons (Fsp3) is 0.0652. The Morgan fingerprint density at radius 1 is 0.471 bits per heavy atom. The highest BCUT2D eigenvalue weighted by Crippen LogP contribution is 2.38. The van der Waals surface area contributed by atoms with E-state index in [1.807, 2.05) is 18.2 Å². The van der Waals surface area contributed by atoms with Crippen molar-refractivity contribution in [1.29, 1.82) is 0 Å². The first-order valence-electron chi connectivity index (χ1n) is 17.5. The smallest absolute Gasteiger partial charge is 0.164 e. The summed E-state index contributed by atoms with van der Waals surface area (Å²) in [6.07, 6.45) is 7.59. The van der Waals surface area contributed by atoms with Gasteiger partial charge >= 0.3 is 0 Å². The monoisotopic (exact) mass is 655 g/mol. The Labute approximate surface area is 295 Å². The molecule has 0 spiro atoms. The molecule has 0 aliphatic heterocycles. The Morgan fingerprint density at radius 2 is 0.902 bits per heavy atom. The van der Waals surface area contributed by atoms with Crippen molar-refractivity contribution in [3.63, 3.8) is 0 Å². The zero-order valence-electron chi connectivity index (χ0n) is 28.1. The van der Waals surface area contributed by atoms with Crippen molar-refractivity contribution < 1.29 is 0 Å². The summed E-state index contributed by atoms with van der Waals surface area (Å²) in [6, 6.07) is 51.6. The normalized spacial score (nSPS) is 14.5. The molecule has 0 N–H and O–H groups in total. The molecule has 5 nitrogen and oxygen atoms in total. The largest absolute Gasteiger partial charge is 0.309 e. The molecule has 1 aliphatic rings. The molecule has 0 amide bonds. The number of rotatable bonds is 5. The van der Waals surface area contributed by atoms with E-state index < -0.39 is 0 Å². The van der Waals surface area contributed by atoms with E-state index in [1.165, 1.54) is 21.5 Å². The van der Waals surface area contributed by atoms with Crippen molar-refractivity contribution in [1.82, 2.24) is 24.1 Å². The molecule has 5 heteroatoms. The van der Waals surface area contributed by atoms with Crippen LogP contribution in [0.25, 0.3) is 83.3 Å². The van der Waals surface area contributed by atoms with E-state index in [4.69, 9.17) is 15.0 Å². The number of aromatic nitrogens is 5. The van der Waals surface area contributed by atoms with Gasteiger partial charge in [-0.2, -0.15) is 0 Å². The lowest BCUT2D eigenvalue weighted by molar-refractivity contribution is 0.738. The fourth-order valence-corrected chi connectivity index (χ4v) is 7.63. The summed E-state index contributed by atoms with van der Waals surface area (Å²) in [6.45, 7) is 2.23. The number of hydrogen-bond acceptors (Lipinski definition) is 3. The Bertz CT molecular complexity index is 2620. The first-order chi connectivity index (χ1) is 25.2. The van der Waals surface area contributed by atoms with Crippen molar-refractivity contribution in [3.8, 4) is 34.2 Å². The van der Waals surface area contributed by atoms with E-state index >= 15 is 0 Å². The van der Waals surface area contributed by atoms with Gasteiger partial charge in [0.2, 0.25) is 0 Å². The molecule has 3 heterocycles. The average Bonchev–Trinajstić information content (AvgIpc) is 3.71. The summed E-state index contributed by atoms with van der Waals surface area (Å²) in [5.41, 5.74) is 9.57.